The Balaban J connectivity index is 1.46. The summed E-state index contributed by atoms with van der Waals surface area (Å²) in [4.78, 5) is 30.5. The van der Waals surface area contributed by atoms with Crippen molar-refractivity contribution in [1.29, 1.82) is 0 Å². The third-order valence-corrected chi connectivity index (χ3v) is 5.28. The zero-order valence-corrected chi connectivity index (χ0v) is 14.2. The second kappa shape index (κ2) is 7.62. The summed E-state index contributed by atoms with van der Waals surface area (Å²) in [5, 5.41) is 0. The van der Waals surface area contributed by atoms with Gasteiger partial charge in [-0.2, -0.15) is 0 Å². The Hall–Kier alpha value is -1.14. The van der Waals surface area contributed by atoms with Gasteiger partial charge in [0.2, 0.25) is 11.8 Å². The summed E-state index contributed by atoms with van der Waals surface area (Å²) in [6, 6.07) is 0.905. The topological polar surface area (TPSA) is 53.1 Å². The molecule has 23 heavy (non-hydrogen) atoms. The molecule has 0 radical (unpaired) electrons. The number of hydrogen-bond acceptors (Lipinski definition) is 4. The highest BCUT2D eigenvalue weighted by molar-refractivity contribution is 5.76. The van der Waals surface area contributed by atoms with Crippen LogP contribution in [0.25, 0.3) is 0 Å². The fourth-order valence-corrected chi connectivity index (χ4v) is 3.75. The van der Waals surface area contributed by atoms with Gasteiger partial charge in [0.25, 0.3) is 0 Å². The number of rotatable bonds is 6. The van der Waals surface area contributed by atoms with Crippen LogP contribution in [-0.4, -0.2) is 84.5 Å². The van der Waals surface area contributed by atoms with Gasteiger partial charge in [-0.3, -0.25) is 14.5 Å². The zero-order valence-electron chi connectivity index (χ0n) is 14.2. The first kappa shape index (κ1) is 16.7. The van der Waals surface area contributed by atoms with E-state index in [1.165, 1.54) is 6.42 Å². The summed E-state index contributed by atoms with van der Waals surface area (Å²) in [6.45, 7) is 7.16. The monoisotopic (exact) mass is 323 g/mol. The van der Waals surface area contributed by atoms with Gasteiger partial charge in [-0.15, -0.1) is 0 Å². The molecule has 2 heterocycles. The molecule has 0 aromatic carbocycles. The van der Waals surface area contributed by atoms with Crippen LogP contribution in [0.3, 0.4) is 0 Å². The molecular weight excluding hydrogens is 294 g/mol. The number of hydrogen-bond donors (Lipinski definition) is 0. The van der Waals surface area contributed by atoms with Crippen LogP contribution in [0.4, 0.5) is 0 Å². The van der Waals surface area contributed by atoms with Crippen molar-refractivity contribution in [3.8, 4) is 0 Å². The first-order chi connectivity index (χ1) is 11.1. The lowest BCUT2D eigenvalue weighted by Gasteiger charge is -2.31. The summed E-state index contributed by atoms with van der Waals surface area (Å²) >= 11 is 0. The fourth-order valence-electron chi connectivity index (χ4n) is 3.75. The van der Waals surface area contributed by atoms with Crippen molar-refractivity contribution in [1.82, 2.24) is 14.7 Å². The molecule has 0 bridgehead atoms. The van der Waals surface area contributed by atoms with Crippen molar-refractivity contribution in [2.24, 2.45) is 0 Å². The van der Waals surface area contributed by atoms with E-state index in [-0.39, 0.29) is 11.8 Å². The van der Waals surface area contributed by atoms with Crippen molar-refractivity contribution in [3.63, 3.8) is 0 Å². The largest absolute Gasteiger partial charge is 0.378 e. The van der Waals surface area contributed by atoms with Crippen molar-refractivity contribution in [2.75, 3.05) is 45.9 Å². The number of morpholine rings is 1. The third-order valence-electron chi connectivity index (χ3n) is 5.28. The standard InChI is InChI=1S/C17H29N3O3/c1-14(21)20(15-4-5-15)13-16-3-2-7-18(16)8-6-17(22)19-9-11-23-12-10-19/h15-16H,2-13H2,1H3/t16-/m0/s1. The molecule has 1 atom stereocenters. The molecule has 0 aromatic heterocycles. The van der Waals surface area contributed by atoms with Gasteiger partial charge >= 0.3 is 0 Å². The molecule has 6 nitrogen and oxygen atoms in total. The molecule has 6 heteroatoms. The second-order valence-electron chi connectivity index (χ2n) is 6.98. The lowest BCUT2D eigenvalue weighted by molar-refractivity contribution is -0.136. The molecule has 0 N–H and O–H groups in total. The van der Waals surface area contributed by atoms with E-state index >= 15 is 0 Å². The summed E-state index contributed by atoms with van der Waals surface area (Å²) in [6.07, 6.45) is 5.21. The Morgan fingerprint density at radius 2 is 1.87 bits per heavy atom. The lowest BCUT2D eigenvalue weighted by atomic mass is 10.2. The van der Waals surface area contributed by atoms with E-state index < -0.39 is 0 Å². The minimum Gasteiger partial charge on any atom is -0.378 e. The predicted octanol–water partition coefficient (Wildman–Crippen LogP) is 0.711. The van der Waals surface area contributed by atoms with Gasteiger partial charge in [-0.25, -0.2) is 0 Å². The predicted molar refractivity (Wildman–Crippen MR) is 87.0 cm³/mol. The Labute approximate surface area is 138 Å². The van der Waals surface area contributed by atoms with E-state index in [9.17, 15) is 9.59 Å². The summed E-state index contributed by atoms with van der Waals surface area (Å²) < 4.78 is 5.30. The van der Waals surface area contributed by atoms with Gasteiger partial charge < -0.3 is 14.5 Å². The smallest absolute Gasteiger partial charge is 0.224 e. The van der Waals surface area contributed by atoms with Crippen LogP contribution in [-0.2, 0) is 14.3 Å². The first-order valence-electron chi connectivity index (χ1n) is 9.02. The molecule has 1 saturated carbocycles. The number of ether oxygens (including phenoxy) is 1. The molecule has 3 rings (SSSR count). The first-order valence-corrected chi connectivity index (χ1v) is 9.02. The Kier molecular flexibility index (Phi) is 5.54. The maximum absolute atomic E-state index is 12.3. The highest BCUT2D eigenvalue weighted by Crippen LogP contribution is 2.29. The van der Waals surface area contributed by atoms with Gasteiger partial charge in [0.05, 0.1) is 13.2 Å². The molecule has 130 valence electrons. The van der Waals surface area contributed by atoms with Crippen LogP contribution >= 0.6 is 0 Å². The number of carbonyl (C=O) groups is 2. The van der Waals surface area contributed by atoms with Gasteiger partial charge in [0, 0.05) is 51.6 Å². The van der Waals surface area contributed by atoms with Crippen LogP contribution in [0.5, 0.6) is 0 Å². The van der Waals surface area contributed by atoms with Crippen LogP contribution in [0, 0.1) is 0 Å². The van der Waals surface area contributed by atoms with Crippen LogP contribution in [0.2, 0.25) is 0 Å². The maximum Gasteiger partial charge on any atom is 0.224 e. The molecular formula is C17H29N3O3. The molecule has 0 unspecified atom stereocenters. The van der Waals surface area contributed by atoms with Crippen LogP contribution in [0.1, 0.15) is 39.0 Å². The lowest BCUT2D eigenvalue weighted by Crippen LogP contribution is -2.45. The minimum absolute atomic E-state index is 0.198. The zero-order chi connectivity index (χ0) is 16.2. The van der Waals surface area contributed by atoms with E-state index in [1.807, 2.05) is 9.80 Å². The van der Waals surface area contributed by atoms with Crippen molar-refractivity contribution in [3.05, 3.63) is 0 Å². The Bertz CT molecular complexity index is 433. The van der Waals surface area contributed by atoms with Gasteiger partial charge in [0.1, 0.15) is 0 Å². The molecule has 0 spiro atoms. The molecule has 2 saturated heterocycles. The SMILES string of the molecule is CC(=O)N(C[C@@H]1CCCN1CCC(=O)N1CCOCC1)C1CC1. The van der Waals surface area contributed by atoms with E-state index in [0.717, 1.165) is 52.0 Å². The average molecular weight is 323 g/mol. The van der Waals surface area contributed by atoms with Gasteiger partial charge in [0.15, 0.2) is 0 Å². The second-order valence-corrected chi connectivity index (χ2v) is 6.98. The van der Waals surface area contributed by atoms with Crippen molar-refractivity contribution in [2.45, 2.75) is 51.1 Å². The number of carbonyl (C=O) groups excluding carboxylic acids is 2. The summed E-state index contributed by atoms with van der Waals surface area (Å²) in [5.74, 6) is 0.438. The van der Waals surface area contributed by atoms with E-state index in [4.69, 9.17) is 4.74 Å². The van der Waals surface area contributed by atoms with E-state index in [0.29, 0.717) is 31.7 Å². The minimum atomic E-state index is 0.198. The number of likely N-dealkylation sites (tertiary alicyclic amines) is 1. The normalized spacial score (nSPS) is 25.6. The van der Waals surface area contributed by atoms with E-state index in [2.05, 4.69) is 4.90 Å². The van der Waals surface area contributed by atoms with Gasteiger partial charge in [-0.1, -0.05) is 0 Å². The summed E-state index contributed by atoms with van der Waals surface area (Å²) in [5.41, 5.74) is 0. The molecule has 1 aliphatic carbocycles. The molecule has 2 amide bonds. The highest BCUT2D eigenvalue weighted by atomic mass is 16.5. The van der Waals surface area contributed by atoms with Crippen molar-refractivity contribution < 1.29 is 14.3 Å². The average Bonchev–Trinajstić information content (AvgIpc) is 3.30. The third kappa shape index (κ3) is 4.44. The quantitative estimate of drug-likeness (QED) is 0.722. The number of amides is 2. The molecule has 0 aromatic rings. The maximum atomic E-state index is 12.3. The fraction of sp³-hybridized carbons (Fsp3) is 0.882. The van der Waals surface area contributed by atoms with E-state index in [1.54, 1.807) is 6.92 Å². The Morgan fingerprint density at radius 3 is 2.52 bits per heavy atom. The van der Waals surface area contributed by atoms with Gasteiger partial charge in [-0.05, 0) is 32.2 Å². The molecule has 2 aliphatic heterocycles. The Morgan fingerprint density at radius 1 is 1.13 bits per heavy atom. The summed E-state index contributed by atoms with van der Waals surface area (Å²) in [7, 11) is 0. The van der Waals surface area contributed by atoms with Crippen molar-refractivity contribution >= 4 is 11.8 Å². The molecule has 3 aliphatic rings. The molecule has 3 fully saturated rings. The number of nitrogens with zero attached hydrogens (tertiary/aromatic N) is 3. The van der Waals surface area contributed by atoms with Crippen LogP contribution < -0.4 is 0 Å². The highest BCUT2D eigenvalue weighted by Gasteiger charge is 2.35. The van der Waals surface area contributed by atoms with Crippen LogP contribution in [0.15, 0.2) is 0 Å².